The first-order valence-corrected chi connectivity index (χ1v) is 9.49. The van der Waals surface area contributed by atoms with Gasteiger partial charge >= 0.3 is 6.03 Å². The summed E-state index contributed by atoms with van der Waals surface area (Å²) in [7, 11) is 0. The average Bonchev–Trinajstić information content (AvgIpc) is 3.26. The zero-order chi connectivity index (χ0) is 16.8. The van der Waals surface area contributed by atoms with Crippen molar-refractivity contribution in [3.8, 4) is 0 Å². The molecule has 128 valence electrons. The number of rotatable bonds is 6. The van der Waals surface area contributed by atoms with Gasteiger partial charge in [-0.15, -0.1) is 0 Å². The Bertz CT molecular complexity index is 644. The number of carbonyl (C=O) groups excluding carboxylic acids is 1. The number of nitrogens with zero attached hydrogens (tertiary/aromatic N) is 3. The van der Waals surface area contributed by atoms with E-state index in [-0.39, 0.29) is 6.03 Å². The second kappa shape index (κ2) is 8.19. The van der Waals surface area contributed by atoms with Gasteiger partial charge in [0.25, 0.3) is 0 Å². The van der Waals surface area contributed by atoms with Gasteiger partial charge in [-0.3, -0.25) is 0 Å². The van der Waals surface area contributed by atoms with Crippen LogP contribution in [0.3, 0.4) is 0 Å². The molecule has 1 heterocycles. The largest absolute Gasteiger partial charge is 0.335 e. The molecule has 1 fully saturated rings. The molecule has 3 rings (SSSR count). The van der Waals surface area contributed by atoms with E-state index in [0.29, 0.717) is 24.4 Å². The maximum absolute atomic E-state index is 12.0. The van der Waals surface area contributed by atoms with Gasteiger partial charge in [-0.1, -0.05) is 24.3 Å². The van der Waals surface area contributed by atoms with Crippen molar-refractivity contribution in [3.63, 3.8) is 0 Å². The molecular weight excluding hydrogens is 322 g/mol. The number of urea groups is 1. The highest BCUT2D eigenvalue weighted by Gasteiger charge is 2.24. The van der Waals surface area contributed by atoms with Gasteiger partial charge < -0.3 is 10.6 Å². The van der Waals surface area contributed by atoms with Crippen LogP contribution in [0.5, 0.6) is 0 Å². The highest BCUT2D eigenvalue weighted by molar-refractivity contribution is 7.99. The number of aromatic nitrogens is 3. The number of amides is 2. The SMILES string of the molecule is CS[C@H]1CC[C@@H](NC(=O)NCc2ccc(Cn3cncn3)cc2)C1. The normalized spacial score (nSPS) is 20.0. The highest BCUT2D eigenvalue weighted by Crippen LogP contribution is 2.27. The molecule has 2 aromatic rings. The van der Waals surface area contributed by atoms with Crippen LogP contribution in [0.25, 0.3) is 0 Å². The lowest BCUT2D eigenvalue weighted by Crippen LogP contribution is -2.40. The monoisotopic (exact) mass is 345 g/mol. The van der Waals surface area contributed by atoms with Crippen LogP contribution in [0, 0.1) is 0 Å². The van der Waals surface area contributed by atoms with Gasteiger partial charge in [0.15, 0.2) is 0 Å². The van der Waals surface area contributed by atoms with Gasteiger partial charge in [-0.05, 0) is 36.6 Å². The summed E-state index contributed by atoms with van der Waals surface area (Å²) in [6.45, 7) is 1.24. The molecule has 0 aliphatic heterocycles. The molecule has 2 N–H and O–H groups in total. The van der Waals surface area contributed by atoms with Crippen molar-refractivity contribution in [2.75, 3.05) is 6.26 Å². The molecule has 1 saturated carbocycles. The van der Waals surface area contributed by atoms with Crippen molar-refractivity contribution in [2.24, 2.45) is 0 Å². The molecule has 0 unspecified atom stereocenters. The summed E-state index contributed by atoms with van der Waals surface area (Å²) in [4.78, 5) is 15.9. The van der Waals surface area contributed by atoms with E-state index in [2.05, 4.69) is 39.1 Å². The fraction of sp³-hybridized carbons (Fsp3) is 0.471. The van der Waals surface area contributed by atoms with Crippen LogP contribution >= 0.6 is 11.8 Å². The molecule has 1 aliphatic carbocycles. The lowest BCUT2D eigenvalue weighted by atomic mass is 10.1. The Balaban J connectivity index is 1.42. The number of nitrogens with one attached hydrogen (secondary N) is 2. The van der Waals surface area contributed by atoms with E-state index in [1.807, 2.05) is 23.9 Å². The summed E-state index contributed by atoms with van der Waals surface area (Å²) in [5.41, 5.74) is 2.24. The minimum atomic E-state index is -0.0755. The van der Waals surface area contributed by atoms with E-state index in [1.165, 1.54) is 12.7 Å². The first kappa shape index (κ1) is 16.8. The molecule has 1 aromatic carbocycles. The maximum Gasteiger partial charge on any atom is 0.315 e. The number of hydrogen-bond donors (Lipinski definition) is 2. The molecule has 1 aliphatic rings. The highest BCUT2D eigenvalue weighted by atomic mass is 32.2. The fourth-order valence-electron chi connectivity index (χ4n) is 2.97. The molecule has 24 heavy (non-hydrogen) atoms. The summed E-state index contributed by atoms with van der Waals surface area (Å²) in [6.07, 6.45) is 8.72. The number of hydrogen-bond acceptors (Lipinski definition) is 4. The summed E-state index contributed by atoms with van der Waals surface area (Å²) in [6, 6.07) is 8.41. The van der Waals surface area contributed by atoms with E-state index in [1.54, 1.807) is 11.0 Å². The quantitative estimate of drug-likeness (QED) is 0.843. The van der Waals surface area contributed by atoms with Gasteiger partial charge in [0.1, 0.15) is 12.7 Å². The third kappa shape index (κ3) is 4.74. The molecule has 0 radical (unpaired) electrons. The fourth-order valence-corrected chi connectivity index (χ4v) is 3.76. The van der Waals surface area contributed by atoms with Crippen molar-refractivity contribution < 1.29 is 4.79 Å². The summed E-state index contributed by atoms with van der Waals surface area (Å²) < 4.78 is 1.78. The van der Waals surface area contributed by atoms with Crippen LogP contribution in [0.4, 0.5) is 4.79 Å². The lowest BCUT2D eigenvalue weighted by Gasteiger charge is -2.14. The van der Waals surface area contributed by atoms with Crippen molar-refractivity contribution in [3.05, 3.63) is 48.0 Å². The third-order valence-electron chi connectivity index (χ3n) is 4.34. The van der Waals surface area contributed by atoms with Gasteiger partial charge in [0.2, 0.25) is 0 Å². The van der Waals surface area contributed by atoms with Crippen LogP contribution in [-0.2, 0) is 13.1 Å². The zero-order valence-corrected chi connectivity index (χ0v) is 14.6. The van der Waals surface area contributed by atoms with Crippen molar-refractivity contribution in [1.82, 2.24) is 25.4 Å². The van der Waals surface area contributed by atoms with Gasteiger partial charge in [0, 0.05) is 17.8 Å². The number of thioether (sulfide) groups is 1. The summed E-state index contributed by atoms with van der Waals surface area (Å²) in [5, 5.41) is 10.8. The number of benzene rings is 1. The van der Waals surface area contributed by atoms with Crippen molar-refractivity contribution >= 4 is 17.8 Å². The first-order chi connectivity index (χ1) is 11.7. The Hall–Kier alpha value is -2.02. The molecule has 6 nitrogen and oxygen atoms in total. The molecule has 0 bridgehead atoms. The topological polar surface area (TPSA) is 71.8 Å². The molecule has 7 heteroatoms. The van der Waals surface area contributed by atoms with Crippen LogP contribution in [-0.4, -0.2) is 38.3 Å². The lowest BCUT2D eigenvalue weighted by molar-refractivity contribution is 0.236. The Morgan fingerprint density at radius 1 is 1.29 bits per heavy atom. The third-order valence-corrected chi connectivity index (χ3v) is 5.44. The maximum atomic E-state index is 12.0. The molecule has 2 amide bonds. The predicted octanol–water partition coefficient (Wildman–Crippen LogP) is 2.41. The van der Waals surface area contributed by atoms with Gasteiger partial charge in [-0.25, -0.2) is 14.5 Å². The Labute approximate surface area is 146 Å². The van der Waals surface area contributed by atoms with Crippen LogP contribution in [0.15, 0.2) is 36.9 Å². The van der Waals surface area contributed by atoms with E-state index in [9.17, 15) is 4.79 Å². The van der Waals surface area contributed by atoms with Gasteiger partial charge in [0.05, 0.1) is 6.54 Å². The second-order valence-electron chi connectivity index (χ2n) is 6.10. The minimum absolute atomic E-state index is 0.0755. The van der Waals surface area contributed by atoms with Crippen LogP contribution < -0.4 is 10.6 Å². The van der Waals surface area contributed by atoms with E-state index < -0.39 is 0 Å². The zero-order valence-electron chi connectivity index (χ0n) is 13.8. The predicted molar refractivity (Wildman–Crippen MR) is 95.9 cm³/mol. The number of carbonyl (C=O) groups is 1. The Morgan fingerprint density at radius 3 is 2.75 bits per heavy atom. The Morgan fingerprint density at radius 2 is 2.08 bits per heavy atom. The minimum Gasteiger partial charge on any atom is -0.335 e. The summed E-state index contributed by atoms with van der Waals surface area (Å²) in [5.74, 6) is 0. The van der Waals surface area contributed by atoms with E-state index in [0.717, 1.165) is 24.0 Å². The van der Waals surface area contributed by atoms with E-state index >= 15 is 0 Å². The van der Waals surface area contributed by atoms with Crippen molar-refractivity contribution in [2.45, 2.75) is 43.6 Å². The molecule has 0 spiro atoms. The molecule has 1 aromatic heterocycles. The molecule has 0 saturated heterocycles. The smallest absolute Gasteiger partial charge is 0.315 e. The van der Waals surface area contributed by atoms with Crippen LogP contribution in [0.1, 0.15) is 30.4 Å². The average molecular weight is 345 g/mol. The first-order valence-electron chi connectivity index (χ1n) is 8.20. The molecule has 2 atom stereocenters. The Kier molecular flexibility index (Phi) is 5.74. The van der Waals surface area contributed by atoms with Gasteiger partial charge in [-0.2, -0.15) is 16.9 Å². The second-order valence-corrected chi connectivity index (χ2v) is 7.24. The van der Waals surface area contributed by atoms with Crippen molar-refractivity contribution in [1.29, 1.82) is 0 Å². The van der Waals surface area contributed by atoms with E-state index in [4.69, 9.17) is 0 Å². The van der Waals surface area contributed by atoms with Crippen LogP contribution in [0.2, 0.25) is 0 Å². The molecular formula is C17H23N5OS. The summed E-state index contributed by atoms with van der Waals surface area (Å²) >= 11 is 1.89. The standard InChI is InChI=1S/C17H23N5OS/c1-24-16-7-6-15(8-16)21-17(23)19-9-13-2-4-14(5-3-13)10-22-12-18-11-20-22/h2-5,11-12,15-16H,6-10H2,1H3,(H2,19,21,23)/t15-,16+/m1/s1.